The lowest BCUT2D eigenvalue weighted by Gasteiger charge is -2.05. The van der Waals surface area contributed by atoms with E-state index < -0.39 is 0 Å². The average Bonchev–Trinajstić information content (AvgIpc) is 2.30. The Labute approximate surface area is 111 Å². The SMILES string of the molecule is Cl.N=C(N)c1cccc(-c2ccccc2Cl)n1. The molecule has 0 amide bonds. The number of nitrogens with zero attached hydrogens (tertiary/aromatic N) is 1. The fourth-order valence-electron chi connectivity index (χ4n) is 1.40. The predicted octanol–water partition coefficient (Wildman–Crippen LogP) is 3.11. The first kappa shape index (κ1) is 13.5. The molecule has 0 saturated heterocycles. The summed E-state index contributed by atoms with van der Waals surface area (Å²) in [5.74, 6) is -0.0473. The molecule has 0 aliphatic carbocycles. The van der Waals surface area contributed by atoms with Crippen molar-refractivity contribution >= 4 is 29.8 Å². The highest BCUT2D eigenvalue weighted by Gasteiger charge is 2.05. The molecule has 0 aliphatic heterocycles. The molecule has 0 saturated carbocycles. The van der Waals surface area contributed by atoms with E-state index in [1.165, 1.54) is 0 Å². The first-order chi connectivity index (χ1) is 7.68. The number of rotatable bonds is 2. The van der Waals surface area contributed by atoms with Crippen molar-refractivity contribution in [2.24, 2.45) is 5.73 Å². The van der Waals surface area contributed by atoms with Gasteiger partial charge in [0.15, 0.2) is 0 Å². The van der Waals surface area contributed by atoms with Crippen LogP contribution in [-0.4, -0.2) is 10.8 Å². The second-order valence-corrected chi connectivity index (χ2v) is 3.71. The summed E-state index contributed by atoms with van der Waals surface area (Å²) in [5, 5.41) is 7.97. The molecular weight excluding hydrogens is 257 g/mol. The minimum Gasteiger partial charge on any atom is -0.382 e. The van der Waals surface area contributed by atoms with E-state index in [1.54, 1.807) is 12.1 Å². The molecule has 1 heterocycles. The maximum Gasteiger partial charge on any atom is 0.141 e. The van der Waals surface area contributed by atoms with Crippen molar-refractivity contribution in [1.29, 1.82) is 5.41 Å². The molecule has 0 atom stereocenters. The van der Waals surface area contributed by atoms with Crippen LogP contribution in [0.5, 0.6) is 0 Å². The largest absolute Gasteiger partial charge is 0.382 e. The molecule has 1 aromatic heterocycles. The van der Waals surface area contributed by atoms with Gasteiger partial charge >= 0.3 is 0 Å². The minimum atomic E-state index is -0.0473. The number of amidine groups is 1. The van der Waals surface area contributed by atoms with Crippen molar-refractivity contribution < 1.29 is 0 Å². The molecule has 88 valence electrons. The van der Waals surface area contributed by atoms with E-state index in [0.717, 1.165) is 11.3 Å². The summed E-state index contributed by atoms with van der Waals surface area (Å²) in [7, 11) is 0. The van der Waals surface area contributed by atoms with Gasteiger partial charge in [-0.15, -0.1) is 12.4 Å². The molecule has 3 N–H and O–H groups in total. The Bertz CT molecular complexity index is 541. The van der Waals surface area contributed by atoms with Gasteiger partial charge in [0.25, 0.3) is 0 Å². The van der Waals surface area contributed by atoms with Crippen LogP contribution in [0.2, 0.25) is 5.02 Å². The first-order valence-corrected chi connectivity index (χ1v) is 5.12. The summed E-state index contributed by atoms with van der Waals surface area (Å²) in [6.07, 6.45) is 0. The van der Waals surface area contributed by atoms with Crippen molar-refractivity contribution in [3.05, 3.63) is 53.2 Å². The van der Waals surface area contributed by atoms with Gasteiger partial charge in [0.05, 0.1) is 5.69 Å². The maximum atomic E-state index is 7.33. The van der Waals surface area contributed by atoms with Crippen molar-refractivity contribution in [2.75, 3.05) is 0 Å². The van der Waals surface area contributed by atoms with Gasteiger partial charge in [-0.25, -0.2) is 4.98 Å². The number of nitrogens with two attached hydrogens (primary N) is 1. The molecule has 0 unspecified atom stereocenters. The first-order valence-electron chi connectivity index (χ1n) is 4.75. The predicted molar refractivity (Wildman–Crippen MR) is 72.9 cm³/mol. The minimum absolute atomic E-state index is 0. The molecule has 17 heavy (non-hydrogen) atoms. The Morgan fingerprint density at radius 2 is 1.82 bits per heavy atom. The summed E-state index contributed by atoms with van der Waals surface area (Å²) in [4.78, 5) is 4.27. The number of hydrogen-bond acceptors (Lipinski definition) is 2. The molecule has 0 spiro atoms. The zero-order chi connectivity index (χ0) is 11.5. The highest BCUT2D eigenvalue weighted by atomic mass is 35.5. The van der Waals surface area contributed by atoms with Crippen molar-refractivity contribution in [2.45, 2.75) is 0 Å². The van der Waals surface area contributed by atoms with E-state index in [2.05, 4.69) is 4.98 Å². The van der Waals surface area contributed by atoms with Crippen LogP contribution in [0.25, 0.3) is 11.3 Å². The van der Waals surface area contributed by atoms with Gasteiger partial charge in [0.2, 0.25) is 0 Å². The normalized spacial score (nSPS) is 9.47. The summed E-state index contributed by atoms with van der Waals surface area (Å²) in [6.45, 7) is 0. The second kappa shape index (κ2) is 5.66. The van der Waals surface area contributed by atoms with Crippen molar-refractivity contribution in [3.8, 4) is 11.3 Å². The number of aromatic nitrogens is 1. The van der Waals surface area contributed by atoms with Crippen molar-refractivity contribution in [1.82, 2.24) is 4.98 Å². The molecule has 0 radical (unpaired) electrons. The number of hydrogen-bond donors (Lipinski definition) is 2. The van der Waals surface area contributed by atoms with Crippen LogP contribution >= 0.6 is 24.0 Å². The van der Waals surface area contributed by atoms with Gasteiger partial charge in [-0.3, -0.25) is 5.41 Å². The van der Waals surface area contributed by atoms with E-state index >= 15 is 0 Å². The lowest BCUT2D eigenvalue weighted by atomic mass is 10.1. The molecule has 1 aromatic carbocycles. The number of pyridine rings is 1. The van der Waals surface area contributed by atoms with Gasteiger partial charge in [0, 0.05) is 10.6 Å². The average molecular weight is 268 g/mol. The zero-order valence-electron chi connectivity index (χ0n) is 8.85. The third-order valence-corrected chi connectivity index (χ3v) is 2.50. The smallest absolute Gasteiger partial charge is 0.141 e. The standard InChI is InChI=1S/C12H10ClN3.ClH/c13-9-5-2-1-4-8(9)10-6-3-7-11(16-10)12(14)15;/h1-7H,(H3,14,15);1H. The van der Waals surface area contributed by atoms with Crippen LogP contribution in [0, 0.1) is 5.41 Å². The Morgan fingerprint density at radius 3 is 2.47 bits per heavy atom. The Morgan fingerprint density at radius 1 is 1.12 bits per heavy atom. The van der Waals surface area contributed by atoms with Crippen LogP contribution in [0.15, 0.2) is 42.5 Å². The van der Waals surface area contributed by atoms with Gasteiger partial charge in [-0.2, -0.15) is 0 Å². The van der Waals surface area contributed by atoms with Crippen LogP contribution in [0.3, 0.4) is 0 Å². The van der Waals surface area contributed by atoms with Gasteiger partial charge in [-0.05, 0) is 18.2 Å². The van der Waals surface area contributed by atoms with E-state index in [4.69, 9.17) is 22.7 Å². The molecule has 3 nitrogen and oxygen atoms in total. The molecule has 0 aliphatic rings. The van der Waals surface area contributed by atoms with Crippen molar-refractivity contribution in [3.63, 3.8) is 0 Å². The summed E-state index contributed by atoms with van der Waals surface area (Å²) < 4.78 is 0. The molecule has 5 heteroatoms. The van der Waals surface area contributed by atoms with Gasteiger partial charge < -0.3 is 5.73 Å². The number of benzene rings is 1. The fourth-order valence-corrected chi connectivity index (χ4v) is 1.64. The number of halogens is 2. The quantitative estimate of drug-likeness (QED) is 0.649. The maximum absolute atomic E-state index is 7.33. The summed E-state index contributed by atoms with van der Waals surface area (Å²) in [6, 6.07) is 12.8. The number of nitrogens with one attached hydrogen (secondary N) is 1. The van der Waals surface area contributed by atoms with Gasteiger partial charge in [0.1, 0.15) is 11.5 Å². The Hall–Kier alpha value is -1.58. The molecular formula is C12H11Cl2N3. The molecule has 0 bridgehead atoms. The fraction of sp³-hybridized carbons (Fsp3) is 0. The topological polar surface area (TPSA) is 62.8 Å². The van der Waals surface area contributed by atoms with E-state index in [0.29, 0.717) is 10.7 Å². The summed E-state index contributed by atoms with van der Waals surface area (Å²) in [5.41, 5.74) is 7.40. The third-order valence-electron chi connectivity index (χ3n) is 2.17. The molecule has 2 rings (SSSR count). The van der Waals surface area contributed by atoms with Crippen LogP contribution in [-0.2, 0) is 0 Å². The zero-order valence-corrected chi connectivity index (χ0v) is 10.4. The van der Waals surface area contributed by atoms with Crippen LogP contribution in [0.4, 0.5) is 0 Å². The van der Waals surface area contributed by atoms with Crippen LogP contribution < -0.4 is 5.73 Å². The second-order valence-electron chi connectivity index (χ2n) is 3.30. The Kier molecular flexibility index (Phi) is 4.49. The molecule has 0 fully saturated rings. The van der Waals surface area contributed by atoms with E-state index in [-0.39, 0.29) is 18.2 Å². The van der Waals surface area contributed by atoms with E-state index in [9.17, 15) is 0 Å². The highest BCUT2D eigenvalue weighted by molar-refractivity contribution is 6.33. The lowest BCUT2D eigenvalue weighted by molar-refractivity contribution is 1.26. The Balaban J connectivity index is 0.00000144. The third kappa shape index (κ3) is 2.96. The monoisotopic (exact) mass is 267 g/mol. The van der Waals surface area contributed by atoms with Gasteiger partial charge in [-0.1, -0.05) is 35.9 Å². The number of nitrogen functional groups attached to an aromatic ring is 1. The van der Waals surface area contributed by atoms with Crippen LogP contribution in [0.1, 0.15) is 5.69 Å². The highest BCUT2D eigenvalue weighted by Crippen LogP contribution is 2.25. The lowest BCUT2D eigenvalue weighted by Crippen LogP contribution is -2.13. The summed E-state index contributed by atoms with van der Waals surface area (Å²) >= 11 is 6.07. The van der Waals surface area contributed by atoms with E-state index in [1.807, 2.05) is 30.3 Å². The molecule has 2 aromatic rings.